The van der Waals surface area contributed by atoms with Crippen molar-refractivity contribution in [3.8, 4) is 0 Å². The summed E-state index contributed by atoms with van der Waals surface area (Å²) in [5.41, 5.74) is 3.08. The molecule has 0 unspecified atom stereocenters. The van der Waals surface area contributed by atoms with Crippen molar-refractivity contribution in [2.75, 3.05) is 0 Å². The standard InChI is InChI=1S/C19H26O4/c1-5-7-10-17-11-8-9-12-18(17)13-16(6-2)19(22-14(3)20)23-15(4)21/h8-9,11-13,19H,5-7,10H2,1-4H3. The molecule has 0 N–H and O–H groups in total. The van der Waals surface area contributed by atoms with Gasteiger partial charge in [0.05, 0.1) is 0 Å². The minimum Gasteiger partial charge on any atom is -0.421 e. The molecular formula is C19H26O4. The Hall–Kier alpha value is -2.10. The molecule has 0 saturated carbocycles. The Morgan fingerprint density at radius 3 is 2.22 bits per heavy atom. The summed E-state index contributed by atoms with van der Waals surface area (Å²) in [4.78, 5) is 22.6. The van der Waals surface area contributed by atoms with Crippen LogP contribution in [0.1, 0.15) is 58.1 Å². The van der Waals surface area contributed by atoms with Gasteiger partial charge < -0.3 is 9.47 Å². The van der Waals surface area contributed by atoms with Crippen LogP contribution in [0.5, 0.6) is 0 Å². The van der Waals surface area contributed by atoms with Crippen LogP contribution in [0.2, 0.25) is 0 Å². The van der Waals surface area contributed by atoms with Gasteiger partial charge in [-0.15, -0.1) is 0 Å². The fraction of sp³-hybridized carbons (Fsp3) is 0.474. The summed E-state index contributed by atoms with van der Waals surface area (Å²) >= 11 is 0. The zero-order valence-electron chi connectivity index (χ0n) is 14.4. The van der Waals surface area contributed by atoms with Crippen molar-refractivity contribution in [3.63, 3.8) is 0 Å². The Morgan fingerprint density at radius 2 is 1.70 bits per heavy atom. The van der Waals surface area contributed by atoms with Crippen molar-refractivity contribution in [1.29, 1.82) is 0 Å². The molecule has 0 radical (unpaired) electrons. The van der Waals surface area contributed by atoms with Crippen molar-refractivity contribution >= 4 is 18.0 Å². The van der Waals surface area contributed by atoms with E-state index in [-0.39, 0.29) is 0 Å². The number of esters is 2. The predicted molar refractivity (Wildman–Crippen MR) is 90.6 cm³/mol. The first-order chi connectivity index (χ1) is 11.0. The summed E-state index contributed by atoms with van der Waals surface area (Å²) in [6, 6.07) is 8.12. The minimum atomic E-state index is -0.964. The average Bonchev–Trinajstić information content (AvgIpc) is 2.50. The van der Waals surface area contributed by atoms with E-state index in [4.69, 9.17) is 9.47 Å². The highest BCUT2D eigenvalue weighted by Gasteiger charge is 2.19. The largest absolute Gasteiger partial charge is 0.421 e. The van der Waals surface area contributed by atoms with E-state index in [0.29, 0.717) is 6.42 Å². The van der Waals surface area contributed by atoms with Gasteiger partial charge in [0.1, 0.15) is 0 Å². The van der Waals surface area contributed by atoms with E-state index in [2.05, 4.69) is 13.0 Å². The zero-order chi connectivity index (χ0) is 17.2. The van der Waals surface area contributed by atoms with Gasteiger partial charge in [-0.05, 0) is 36.5 Å². The van der Waals surface area contributed by atoms with Gasteiger partial charge in [0.2, 0.25) is 0 Å². The van der Waals surface area contributed by atoms with E-state index in [1.165, 1.54) is 19.4 Å². The van der Waals surface area contributed by atoms with Crippen molar-refractivity contribution in [3.05, 3.63) is 41.0 Å². The molecule has 0 saturated heterocycles. The van der Waals surface area contributed by atoms with Crippen molar-refractivity contribution in [2.24, 2.45) is 0 Å². The molecule has 1 rings (SSSR count). The summed E-state index contributed by atoms with van der Waals surface area (Å²) < 4.78 is 10.3. The summed E-state index contributed by atoms with van der Waals surface area (Å²) in [6.45, 7) is 6.71. The highest BCUT2D eigenvalue weighted by atomic mass is 16.7. The lowest BCUT2D eigenvalue weighted by Crippen LogP contribution is -2.24. The van der Waals surface area contributed by atoms with Crippen LogP contribution in [0, 0.1) is 0 Å². The van der Waals surface area contributed by atoms with Gasteiger partial charge in [-0.1, -0.05) is 44.5 Å². The predicted octanol–water partition coefficient (Wildman–Crippen LogP) is 4.27. The Bertz CT molecular complexity index is 544. The SMILES string of the molecule is CCCCc1ccccc1C=C(CC)C(OC(C)=O)OC(C)=O. The lowest BCUT2D eigenvalue weighted by Gasteiger charge is -2.19. The number of unbranched alkanes of at least 4 members (excludes halogenated alkanes) is 1. The first-order valence-corrected chi connectivity index (χ1v) is 8.10. The number of aryl methyl sites for hydroxylation is 1. The molecule has 0 aliphatic heterocycles. The third-order valence-corrected chi connectivity index (χ3v) is 3.45. The van der Waals surface area contributed by atoms with Crippen LogP contribution in [-0.2, 0) is 25.5 Å². The van der Waals surface area contributed by atoms with Gasteiger partial charge in [-0.2, -0.15) is 0 Å². The topological polar surface area (TPSA) is 52.6 Å². The highest BCUT2D eigenvalue weighted by Crippen LogP contribution is 2.21. The van der Waals surface area contributed by atoms with Gasteiger partial charge in [0.25, 0.3) is 6.29 Å². The van der Waals surface area contributed by atoms with Crippen LogP contribution in [0.15, 0.2) is 29.8 Å². The molecule has 126 valence electrons. The van der Waals surface area contributed by atoms with Crippen molar-refractivity contribution in [1.82, 2.24) is 0 Å². The van der Waals surface area contributed by atoms with Crippen LogP contribution in [-0.4, -0.2) is 18.2 Å². The molecular weight excluding hydrogens is 292 g/mol. The molecule has 0 aliphatic rings. The Kier molecular flexibility index (Phi) is 8.09. The molecule has 0 bridgehead atoms. The fourth-order valence-corrected chi connectivity index (χ4v) is 2.28. The first-order valence-electron chi connectivity index (χ1n) is 8.10. The van der Waals surface area contributed by atoms with E-state index in [9.17, 15) is 9.59 Å². The second-order valence-electron chi connectivity index (χ2n) is 5.43. The molecule has 1 aromatic carbocycles. The number of benzene rings is 1. The van der Waals surface area contributed by atoms with Crippen LogP contribution < -0.4 is 0 Å². The molecule has 0 fully saturated rings. The molecule has 0 aliphatic carbocycles. The van der Waals surface area contributed by atoms with E-state index in [1.54, 1.807) is 0 Å². The lowest BCUT2D eigenvalue weighted by atomic mass is 9.99. The summed E-state index contributed by atoms with van der Waals surface area (Å²) in [6.07, 6.45) is 4.85. The average molecular weight is 318 g/mol. The lowest BCUT2D eigenvalue weighted by molar-refractivity contribution is -0.178. The molecule has 0 heterocycles. The summed E-state index contributed by atoms with van der Waals surface area (Å²) in [5, 5.41) is 0. The normalized spacial score (nSPS) is 11.4. The van der Waals surface area contributed by atoms with Gasteiger partial charge in [0.15, 0.2) is 0 Å². The highest BCUT2D eigenvalue weighted by molar-refractivity contribution is 5.69. The third-order valence-electron chi connectivity index (χ3n) is 3.45. The molecule has 4 nitrogen and oxygen atoms in total. The quantitative estimate of drug-likeness (QED) is 0.530. The number of rotatable bonds is 8. The van der Waals surface area contributed by atoms with E-state index in [1.807, 2.05) is 31.2 Å². The molecule has 0 amide bonds. The van der Waals surface area contributed by atoms with E-state index < -0.39 is 18.2 Å². The van der Waals surface area contributed by atoms with Gasteiger partial charge >= 0.3 is 11.9 Å². The number of hydrogen-bond donors (Lipinski definition) is 0. The Morgan fingerprint density at radius 1 is 1.09 bits per heavy atom. The number of ether oxygens (including phenoxy) is 2. The monoisotopic (exact) mass is 318 g/mol. The van der Waals surface area contributed by atoms with E-state index >= 15 is 0 Å². The number of carbonyl (C=O) groups excluding carboxylic acids is 2. The molecule has 1 aromatic rings. The van der Waals surface area contributed by atoms with Crippen LogP contribution in [0.3, 0.4) is 0 Å². The number of hydrogen-bond acceptors (Lipinski definition) is 4. The molecule has 4 heteroatoms. The Balaban J connectivity index is 3.12. The summed E-state index contributed by atoms with van der Waals surface area (Å²) in [7, 11) is 0. The minimum absolute atomic E-state index is 0.477. The van der Waals surface area contributed by atoms with E-state index in [0.717, 1.165) is 30.4 Å². The van der Waals surface area contributed by atoms with Gasteiger partial charge in [-0.25, -0.2) is 0 Å². The molecule has 0 spiro atoms. The second-order valence-corrected chi connectivity index (χ2v) is 5.43. The summed E-state index contributed by atoms with van der Waals surface area (Å²) in [5.74, 6) is -0.954. The van der Waals surface area contributed by atoms with Gasteiger partial charge in [0, 0.05) is 19.4 Å². The Labute approximate surface area is 138 Å². The first kappa shape index (κ1) is 18.9. The van der Waals surface area contributed by atoms with Crippen LogP contribution in [0.25, 0.3) is 6.08 Å². The molecule has 0 aromatic heterocycles. The van der Waals surface area contributed by atoms with Gasteiger partial charge in [-0.3, -0.25) is 9.59 Å². The zero-order valence-corrected chi connectivity index (χ0v) is 14.4. The third kappa shape index (κ3) is 6.68. The van der Waals surface area contributed by atoms with Crippen molar-refractivity contribution < 1.29 is 19.1 Å². The molecule has 0 atom stereocenters. The maximum atomic E-state index is 11.3. The maximum Gasteiger partial charge on any atom is 0.305 e. The second kappa shape index (κ2) is 9.82. The fourth-order valence-electron chi connectivity index (χ4n) is 2.28. The number of carbonyl (C=O) groups is 2. The van der Waals surface area contributed by atoms with Crippen LogP contribution in [0.4, 0.5) is 0 Å². The maximum absolute atomic E-state index is 11.3. The smallest absolute Gasteiger partial charge is 0.305 e. The molecule has 23 heavy (non-hydrogen) atoms. The van der Waals surface area contributed by atoms with Crippen molar-refractivity contribution in [2.45, 2.75) is 59.7 Å². The van der Waals surface area contributed by atoms with Crippen LogP contribution >= 0.6 is 0 Å².